The molecular weight excluding hydrogens is 268 g/mol. The average molecular weight is 292 g/mol. The lowest BCUT2D eigenvalue weighted by Crippen LogP contribution is -2.50. The molecule has 4 N–H and O–H groups in total. The number of carbonyl (C=O) groups excluding carboxylic acids is 1. The van der Waals surface area contributed by atoms with E-state index in [1.54, 1.807) is 6.07 Å². The van der Waals surface area contributed by atoms with E-state index < -0.39 is 6.04 Å². The molecular formula is C16H24N2O3. The van der Waals surface area contributed by atoms with Gasteiger partial charge in [-0.05, 0) is 42.4 Å². The first-order chi connectivity index (χ1) is 9.78. The van der Waals surface area contributed by atoms with Crippen LogP contribution in [0.15, 0.2) is 18.2 Å². The lowest BCUT2D eigenvalue weighted by Gasteiger charge is -2.39. The van der Waals surface area contributed by atoms with Gasteiger partial charge in [0.2, 0.25) is 5.91 Å². The third-order valence-corrected chi connectivity index (χ3v) is 4.02. The van der Waals surface area contributed by atoms with Gasteiger partial charge in [-0.25, -0.2) is 0 Å². The van der Waals surface area contributed by atoms with Gasteiger partial charge in [-0.15, -0.1) is 0 Å². The van der Waals surface area contributed by atoms with Crippen molar-refractivity contribution in [3.05, 3.63) is 23.8 Å². The summed E-state index contributed by atoms with van der Waals surface area (Å²) in [6.07, 6.45) is 2.48. The van der Waals surface area contributed by atoms with Crippen LogP contribution in [-0.2, 0) is 11.2 Å². The average Bonchev–Trinajstić information content (AvgIpc) is 2.41. The lowest BCUT2D eigenvalue weighted by molar-refractivity contribution is -0.135. The minimum absolute atomic E-state index is 0.0460. The molecule has 1 amide bonds. The number of nitrogens with two attached hydrogens (primary N) is 1. The second-order valence-electron chi connectivity index (χ2n) is 6.66. The maximum atomic E-state index is 12.4. The van der Waals surface area contributed by atoms with Crippen LogP contribution < -0.4 is 5.73 Å². The highest BCUT2D eigenvalue weighted by molar-refractivity contribution is 5.82. The molecule has 1 aliphatic heterocycles. The third-order valence-electron chi connectivity index (χ3n) is 4.02. The van der Waals surface area contributed by atoms with Gasteiger partial charge in [-0.3, -0.25) is 4.79 Å². The zero-order chi connectivity index (χ0) is 15.6. The molecule has 0 bridgehead atoms. The molecule has 1 atom stereocenters. The molecule has 0 unspecified atom stereocenters. The van der Waals surface area contributed by atoms with Crippen LogP contribution >= 0.6 is 0 Å². The minimum atomic E-state index is -0.622. The molecule has 1 heterocycles. The molecule has 1 fully saturated rings. The quantitative estimate of drug-likeness (QED) is 0.739. The summed E-state index contributed by atoms with van der Waals surface area (Å²) in [4.78, 5) is 14.3. The van der Waals surface area contributed by atoms with Gasteiger partial charge in [0, 0.05) is 13.1 Å². The van der Waals surface area contributed by atoms with E-state index in [1.807, 2.05) is 4.90 Å². The van der Waals surface area contributed by atoms with Crippen LogP contribution in [-0.4, -0.2) is 40.2 Å². The number of phenolic OH excluding ortho intramolecular Hbond substituents is 2. The van der Waals surface area contributed by atoms with Crippen molar-refractivity contribution < 1.29 is 15.0 Å². The van der Waals surface area contributed by atoms with Crippen molar-refractivity contribution in [2.75, 3.05) is 13.1 Å². The topological polar surface area (TPSA) is 86.8 Å². The first kappa shape index (κ1) is 15.6. The molecule has 5 heteroatoms. The predicted molar refractivity (Wildman–Crippen MR) is 81.0 cm³/mol. The summed E-state index contributed by atoms with van der Waals surface area (Å²) in [5.74, 6) is -0.405. The van der Waals surface area contributed by atoms with Crippen LogP contribution in [0.5, 0.6) is 11.5 Å². The highest BCUT2D eigenvalue weighted by Gasteiger charge is 2.31. The number of rotatable bonds is 3. The second-order valence-corrected chi connectivity index (χ2v) is 6.66. The highest BCUT2D eigenvalue weighted by Crippen LogP contribution is 2.29. The fraction of sp³-hybridized carbons (Fsp3) is 0.562. The van der Waals surface area contributed by atoms with E-state index in [1.165, 1.54) is 12.1 Å². The Bertz CT molecular complexity index is 528. The maximum absolute atomic E-state index is 12.4. The summed E-state index contributed by atoms with van der Waals surface area (Å²) < 4.78 is 0. The number of aromatic hydroxyl groups is 2. The summed E-state index contributed by atoms with van der Waals surface area (Å²) in [6.45, 7) is 5.82. The Hall–Kier alpha value is -1.75. The zero-order valence-electron chi connectivity index (χ0n) is 12.7. The standard InChI is InChI=1S/C16H24N2O3/c1-16(2)6-3-7-18(10-16)15(21)12(17)8-11-4-5-13(19)14(20)9-11/h4-5,9,12,19-20H,3,6-8,10,17H2,1-2H3/t12-/m0/s1. The van der Waals surface area contributed by atoms with Crippen molar-refractivity contribution in [1.82, 2.24) is 4.90 Å². The molecule has 0 radical (unpaired) electrons. The van der Waals surface area contributed by atoms with Crippen LogP contribution in [0.2, 0.25) is 0 Å². The summed E-state index contributed by atoms with van der Waals surface area (Å²) in [7, 11) is 0. The summed E-state index contributed by atoms with van der Waals surface area (Å²) in [5, 5.41) is 18.8. The van der Waals surface area contributed by atoms with E-state index in [-0.39, 0.29) is 22.8 Å². The number of benzene rings is 1. The van der Waals surface area contributed by atoms with Crippen molar-refractivity contribution in [1.29, 1.82) is 0 Å². The molecule has 5 nitrogen and oxygen atoms in total. The summed E-state index contributed by atoms with van der Waals surface area (Å²) >= 11 is 0. The van der Waals surface area contributed by atoms with Gasteiger partial charge < -0.3 is 20.8 Å². The van der Waals surface area contributed by atoms with Crippen molar-refractivity contribution in [2.45, 2.75) is 39.2 Å². The third kappa shape index (κ3) is 3.88. The molecule has 0 spiro atoms. The highest BCUT2D eigenvalue weighted by atomic mass is 16.3. The fourth-order valence-electron chi connectivity index (χ4n) is 2.88. The molecule has 116 valence electrons. The van der Waals surface area contributed by atoms with E-state index in [0.717, 1.165) is 31.5 Å². The van der Waals surface area contributed by atoms with Crippen molar-refractivity contribution in [2.24, 2.45) is 11.1 Å². The van der Waals surface area contributed by atoms with Gasteiger partial charge in [-0.1, -0.05) is 19.9 Å². The van der Waals surface area contributed by atoms with E-state index in [9.17, 15) is 15.0 Å². The van der Waals surface area contributed by atoms with E-state index >= 15 is 0 Å². The molecule has 0 saturated carbocycles. The van der Waals surface area contributed by atoms with E-state index in [2.05, 4.69) is 13.8 Å². The van der Waals surface area contributed by atoms with Gasteiger partial charge in [-0.2, -0.15) is 0 Å². The number of hydrogen-bond donors (Lipinski definition) is 3. The number of nitrogens with zero attached hydrogens (tertiary/aromatic N) is 1. The molecule has 2 rings (SSSR count). The lowest BCUT2D eigenvalue weighted by atomic mass is 9.84. The van der Waals surface area contributed by atoms with Crippen LogP contribution in [0.25, 0.3) is 0 Å². The molecule has 1 aromatic rings. The van der Waals surface area contributed by atoms with Gasteiger partial charge in [0.25, 0.3) is 0 Å². The van der Waals surface area contributed by atoms with Gasteiger partial charge in [0.1, 0.15) is 0 Å². The zero-order valence-corrected chi connectivity index (χ0v) is 12.7. The number of phenols is 2. The molecule has 1 aliphatic rings. The number of carbonyl (C=O) groups is 1. The first-order valence-corrected chi connectivity index (χ1v) is 7.34. The Kier molecular flexibility index (Phi) is 4.42. The van der Waals surface area contributed by atoms with Crippen molar-refractivity contribution in [3.63, 3.8) is 0 Å². The van der Waals surface area contributed by atoms with Crippen molar-refractivity contribution >= 4 is 5.91 Å². The predicted octanol–water partition coefficient (Wildman–Crippen LogP) is 1.62. The number of hydrogen-bond acceptors (Lipinski definition) is 4. The Labute approximate surface area is 125 Å². The van der Waals surface area contributed by atoms with Crippen LogP contribution in [0.1, 0.15) is 32.3 Å². The monoisotopic (exact) mass is 292 g/mol. The van der Waals surface area contributed by atoms with Gasteiger partial charge in [0.15, 0.2) is 11.5 Å². The van der Waals surface area contributed by atoms with E-state index in [4.69, 9.17) is 5.73 Å². The van der Waals surface area contributed by atoms with Crippen LogP contribution in [0.4, 0.5) is 0 Å². The Morgan fingerprint density at radius 1 is 1.38 bits per heavy atom. The van der Waals surface area contributed by atoms with Gasteiger partial charge in [0.05, 0.1) is 6.04 Å². The Morgan fingerprint density at radius 3 is 2.71 bits per heavy atom. The molecule has 1 aromatic carbocycles. The molecule has 0 aliphatic carbocycles. The molecule has 21 heavy (non-hydrogen) atoms. The smallest absolute Gasteiger partial charge is 0.239 e. The van der Waals surface area contributed by atoms with Crippen molar-refractivity contribution in [3.8, 4) is 11.5 Å². The second kappa shape index (κ2) is 5.93. The Balaban J connectivity index is 2.00. The summed E-state index contributed by atoms with van der Waals surface area (Å²) in [5.41, 5.74) is 6.90. The molecule has 1 saturated heterocycles. The van der Waals surface area contributed by atoms with E-state index in [0.29, 0.717) is 6.42 Å². The number of piperidine rings is 1. The number of likely N-dealkylation sites (tertiary alicyclic amines) is 1. The van der Waals surface area contributed by atoms with Crippen LogP contribution in [0, 0.1) is 5.41 Å². The SMILES string of the molecule is CC1(C)CCCN(C(=O)[C@@H](N)Cc2ccc(O)c(O)c2)C1. The fourth-order valence-corrected chi connectivity index (χ4v) is 2.88. The van der Waals surface area contributed by atoms with Crippen LogP contribution in [0.3, 0.4) is 0 Å². The first-order valence-electron chi connectivity index (χ1n) is 7.34. The Morgan fingerprint density at radius 2 is 2.10 bits per heavy atom. The van der Waals surface area contributed by atoms with Gasteiger partial charge >= 0.3 is 0 Å². The number of amides is 1. The normalized spacial score (nSPS) is 19.3. The largest absolute Gasteiger partial charge is 0.504 e. The maximum Gasteiger partial charge on any atom is 0.239 e. The minimum Gasteiger partial charge on any atom is -0.504 e. The molecule has 0 aromatic heterocycles. The summed E-state index contributed by atoms with van der Waals surface area (Å²) in [6, 6.07) is 3.90.